The van der Waals surface area contributed by atoms with Gasteiger partial charge in [-0.3, -0.25) is 4.90 Å². The Morgan fingerprint density at radius 1 is 1.10 bits per heavy atom. The average molecular weight is 328 g/mol. The molecule has 1 aliphatic carbocycles. The normalized spacial score (nSPS) is 30.7. The Balaban J connectivity index is 1.73. The van der Waals surface area contributed by atoms with Crippen LogP contribution in [0, 0.1) is 5.92 Å². The van der Waals surface area contributed by atoms with Gasteiger partial charge in [-0.05, 0) is 43.9 Å². The van der Waals surface area contributed by atoms with Crippen LogP contribution in [-0.2, 0) is 6.54 Å². The maximum atomic E-state index is 10.3. The van der Waals surface area contributed by atoms with Crippen LogP contribution in [0.3, 0.4) is 0 Å². The highest BCUT2D eigenvalue weighted by Crippen LogP contribution is 2.36. The van der Waals surface area contributed by atoms with E-state index in [1.165, 1.54) is 25.7 Å². The van der Waals surface area contributed by atoms with E-state index in [1.54, 1.807) is 0 Å². The molecule has 3 atom stereocenters. The van der Waals surface area contributed by atoms with Gasteiger partial charge in [0.15, 0.2) is 0 Å². The van der Waals surface area contributed by atoms with Crippen molar-refractivity contribution in [1.29, 1.82) is 0 Å². The summed E-state index contributed by atoms with van der Waals surface area (Å²) in [6.07, 6.45) is 6.83. The van der Waals surface area contributed by atoms with Crippen molar-refractivity contribution in [2.75, 3.05) is 6.54 Å². The van der Waals surface area contributed by atoms with Crippen molar-refractivity contribution < 1.29 is 5.11 Å². The largest absolute Gasteiger partial charge is 0.393 e. The number of halogens is 2. The Morgan fingerprint density at radius 2 is 1.90 bits per heavy atom. The first-order valence-corrected chi connectivity index (χ1v) is 8.77. The fourth-order valence-electron chi connectivity index (χ4n) is 4.01. The molecule has 0 spiro atoms. The molecule has 1 aromatic carbocycles. The van der Waals surface area contributed by atoms with E-state index in [9.17, 15) is 5.11 Å². The van der Waals surface area contributed by atoms with E-state index in [4.69, 9.17) is 23.2 Å². The third kappa shape index (κ3) is 3.39. The lowest BCUT2D eigenvalue weighted by molar-refractivity contribution is 0.0202. The van der Waals surface area contributed by atoms with Crippen molar-refractivity contribution >= 4 is 23.2 Å². The zero-order valence-corrected chi connectivity index (χ0v) is 13.8. The van der Waals surface area contributed by atoms with Crippen LogP contribution in [0.15, 0.2) is 18.2 Å². The lowest BCUT2D eigenvalue weighted by Gasteiger charge is -2.37. The summed E-state index contributed by atoms with van der Waals surface area (Å²) < 4.78 is 0. The molecule has 3 unspecified atom stereocenters. The van der Waals surface area contributed by atoms with E-state index in [0.717, 1.165) is 31.5 Å². The third-order valence-electron chi connectivity index (χ3n) is 5.10. The smallest absolute Gasteiger partial charge is 0.0637 e. The molecule has 1 N–H and O–H groups in total. The van der Waals surface area contributed by atoms with E-state index >= 15 is 0 Å². The molecule has 1 saturated heterocycles. The fraction of sp³-hybridized carbons (Fsp3) is 0.647. The van der Waals surface area contributed by atoms with Gasteiger partial charge < -0.3 is 5.11 Å². The van der Waals surface area contributed by atoms with Crippen molar-refractivity contribution in [1.82, 2.24) is 4.90 Å². The minimum absolute atomic E-state index is 0.126. The van der Waals surface area contributed by atoms with Crippen molar-refractivity contribution in [3.05, 3.63) is 33.8 Å². The van der Waals surface area contributed by atoms with Gasteiger partial charge in [-0.15, -0.1) is 0 Å². The second kappa shape index (κ2) is 6.87. The Kier molecular flexibility index (Phi) is 5.11. The molecular formula is C17H23Cl2NO. The quantitative estimate of drug-likeness (QED) is 0.882. The van der Waals surface area contributed by atoms with E-state index < -0.39 is 0 Å². The number of hydrogen-bond acceptors (Lipinski definition) is 2. The van der Waals surface area contributed by atoms with Gasteiger partial charge in [0.1, 0.15) is 0 Å². The molecular weight excluding hydrogens is 305 g/mol. The summed E-state index contributed by atoms with van der Waals surface area (Å²) in [5, 5.41) is 11.6. The molecule has 1 heterocycles. The van der Waals surface area contributed by atoms with Crippen molar-refractivity contribution in [2.45, 2.75) is 57.2 Å². The summed E-state index contributed by atoms with van der Waals surface area (Å²) >= 11 is 12.4. The highest BCUT2D eigenvalue weighted by atomic mass is 35.5. The summed E-state index contributed by atoms with van der Waals surface area (Å²) in [5.74, 6) is 0.430. The van der Waals surface area contributed by atoms with Gasteiger partial charge in [-0.25, -0.2) is 0 Å². The molecule has 0 amide bonds. The topological polar surface area (TPSA) is 23.5 Å². The van der Waals surface area contributed by atoms with Gasteiger partial charge in [0.05, 0.1) is 16.1 Å². The zero-order chi connectivity index (χ0) is 14.8. The monoisotopic (exact) mass is 327 g/mol. The number of aliphatic hydroxyl groups excluding tert-OH is 1. The van der Waals surface area contributed by atoms with Crippen molar-refractivity contribution in [3.8, 4) is 0 Å². The molecule has 3 rings (SSSR count). The SMILES string of the molecule is OC1CCCCC1C1CCCN1Cc1cccc(Cl)c1Cl. The molecule has 2 aliphatic rings. The summed E-state index contributed by atoms with van der Waals surface area (Å²) in [4.78, 5) is 2.50. The van der Waals surface area contributed by atoms with E-state index in [-0.39, 0.29) is 6.10 Å². The first-order valence-electron chi connectivity index (χ1n) is 8.02. The molecule has 1 saturated carbocycles. The lowest BCUT2D eigenvalue weighted by Crippen LogP contribution is -2.42. The average Bonchev–Trinajstić information content (AvgIpc) is 2.92. The Labute approximate surface area is 137 Å². The van der Waals surface area contributed by atoms with Crippen molar-refractivity contribution in [3.63, 3.8) is 0 Å². The van der Waals surface area contributed by atoms with E-state index in [1.807, 2.05) is 12.1 Å². The molecule has 21 heavy (non-hydrogen) atoms. The second-order valence-electron chi connectivity index (χ2n) is 6.41. The Bertz CT molecular complexity index is 494. The number of rotatable bonds is 3. The second-order valence-corrected chi connectivity index (χ2v) is 7.19. The van der Waals surface area contributed by atoms with Gasteiger partial charge in [-0.2, -0.15) is 0 Å². The molecule has 0 bridgehead atoms. The number of benzene rings is 1. The summed E-state index contributed by atoms with van der Waals surface area (Å²) in [5.41, 5.74) is 1.10. The van der Waals surface area contributed by atoms with E-state index in [2.05, 4.69) is 11.0 Å². The maximum Gasteiger partial charge on any atom is 0.0637 e. The Morgan fingerprint density at radius 3 is 2.71 bits per heavy atom. The number of likely N-dealkylation sites (tertiary alicyclic amines) is 1. The number of nitrogens with zero attached hydrogens (tertiary/aromatic N) is 1. The van der Waals surface area contributed by atoms with Gasteiger partial charge in [-0.1, -0.05) is 48.2 Å². The number of aliphatic hydroxyl groups is 1. The fourth-order valence-corrected chi connectivity index (χ4v) is 4.39. The first-order chi connectivity index (χ1) is 10.2. The van der Waals surface area contributed by atoms with E-state index in [0.29, 0.717) is 22.0 Å². The molecule has 0 aromatic heterocycles. The van der Waals surface area contributed by atoms with Gasteiger partial charge >= 0.3 is 0 Å². The van der Waals surface area contributed by atoms with Gasteiger partial charge in [0.25, 0.3) is 0 Å². The van der Waals surface area contributed by atoms with Crippen LogP contribution < -0.4 is 0 Å². The molecule has 0 radical (unpaired) electrons. The van der Waals surface area contributed by atoms with Crippen LogP contribution in [0.25, 0.3) is 0 Å². The minimum Gasteiger partial charge on any atom is -0.393 e. The maximum absolute atomic E-state index is 10.3. The summed E-state index contributed by atoms with van der Waals surface area (Å²) in [6.45, 7) is 1.93. The molecule has 4 heteroatoms. The predicted octanol–water partition coefficient (Wildman–Crippen LogP) is 4.51. The third-order valence-corrected chi connectivity index (χ3v) is 5.95. The van der Waals surface area contributed by atoms with Gasteiger partial charge in [0.2, 0.25) is 0 Å². The van der Waals surface area contributed by atoms with Crippen molar-refractivity contribution in [2.24, 2.45) is 5.92 Å². The first kappa shape index (κ1) is 15.6. The van der Waals surface area contributed by atoms with Gasteiger partial charge in [0, 0.05) is 18.5 Å². The molecule has 2 nitrogen and oxygen atoms in total. The highest BCUT2D eigenvalue weighted by molar-refractivity contribution is 6.42. The Hall–Kier alpha value is -0.280. The molecule has 116 valence electrons. The van der Waals surface area contributed by atoms with Crippen LogP contribution in [0.1, 0.15) is 44.1 Å². The van der Waals surface area contributed by atoms with Crippen LogP contribution >= 0.6 is 23.2 Å². The van der Waals surface area contributed by atoms with Crippen LogP contribution in [0.2, 0.25) is 10.0 Å². The molecule has 1 aromatic rings. The minimum atomic E-state index is -0.126. The zero-order valence-electron chi connectivity index (χ0n) is 12.3. The standard InChI is InChI=1S/C17H23Cl2NO/c18-14-7-3-5-12(17(14)19)11-20-10-4-8-15(20)13-6-1-2-9-16(13)21/h3,5,7,13,15-16,21H,1-2,4,6,8-11H2. The lowest BCUT2D eigenvalue weighted by atomic mass is 9.80. The van der Waals surface area contributed by atoms with Crippen LogP contribution in [0.5, 0.6) is 0 Å². The highest BCUT2D eigenvalue weighted by Gasteiger charge is 2.36. The van der Waals surface area contributed by atoms with Crippen LogP contribution in [-0.4, -0.2) is 28.7 Å². The number of hydrogen-bond donors (Lipinski definition) is 1. The summed E-state index contributed by atoms with van der Waals surface area (Å²) in [6, 6.07) is 6.35. The predicted molar refractivity (Wildman–Crippen MR) is 87.9 cm³/mol. The summed E-state index contributed by atoms with van der Waals surface area (Å²) in [7, 11) is 0. The van der Waals surface area contributed by atoms with Crippen LogP contribution in [0.4, 0.5) is 0 Å². The molecule has 2 fully saturated rings. The molecule has 1 aliphatic heterocycles.